The minimum Gasteiger partial charge on any atom is -0.407 e. The summed E-state index contributed by atoms with van der Waals surface area (Å²) in [6.45, 7) is 5.98. The van der Waals surface area contributed by atoms with Crippen molar-refractivity contribution < 1.29 is 12.8 Å². The standard InChI is InChI=1S/C12H22N4O3S/c1-9(2)6-13-8-11-15-16-12(19-11)14-7-10-4-3-5-20(10,17)18/h9-10,13H,3-8H2,1-2H3,(H,14,16). The number of aromatic nitrogens is 2. The molecule has 1 fully saturated rings. The zero-order valence-electron chi connectivity index (χ0n) is 11.9. The lowest BCUT2D eigenvalue weighted by atomic mass is 10.2. The van der Waals surface area contributed by atoms with Gasteiger partial charge in [0.2, 0.25) is 5.89 Å². The molecule has 7 nitrogen and oxygen atoms in total. The Labute approximate surface area is 119 Å². The lowest BCUT2D eigenvalue weighted by Gasteiger charge is -2.08. The maximum absolute atomic E-state index is 11.7. The second-order valence-electron chi connectivity index (χ2n) is 5.54. The Hall–Kier alpha value is -1.15. The number of hydrogen-bond donors (Lipinski definition) is 2. The molecule has 1 saturated heterocycles. The van der Waals surface area contributed by atoms with E-state index < -0.39 is 9.84 Å². The fourth-order valence-electron chi connectivity index (χ4n) is 2.15. The summed E-state index contributed by atoms with van der Waals surface area (Å²) < 4.78 is 28.8. The highest BCUT2D eigenvalue weighted by atomic mass is 32.2. The Morgan fingerprint density at radius 2 is 2.20 bits per heavy atom. The molecule has 1 aromatic rings. The molecule has 1 unspecified atom stereocenters. The zero-order chi connectivity index (χ0) is 14.6. The molecule has 0 bridgehead atoms. The molecule has 0 aliphatic carbocycles. The third kappa shape index (κ3) is 4.17. The van der Waals surface area contributed by atoms with Gasteiger partial charge in [0.1, 0.15) is 0 Å². The molecule has 2 heterocycles. The molecule has 1 aliphatic heterocycles. The van der Waals surface area contributed by atoms with Crippen molar-refractivity contribution in [1.29, 1.82) is 0 Å². The van der Waals surface area contributed by atoms with E-state index in [-0.39, 0.29) is 17.0 Å². The van der Waals surface area contributed by atoms with Crippen LogP contribution in [0.3, 0.4) is 0 Å². The van der Waals surface area contributed by atoms with Crippen LogP contribution in [0.5, 0.6) is 0 Å². The van der Waals surface area contributed by atoms with Gasteiger partial charge in [-0.05, 0) is 25.3 Å². The van der Waals surface area contributed by atoms with E-state index in [1.165, 1.54) is 0 Å². The van der Waals surface area contributed by atoms with E-state index in [1.807, 2.05) is 0 Å². The van der Waals surface area contributed by atoms with Gasteiger partial charge in [-0.2, -0.15) is 0 Å². The van der Waals surface area contributed by atoms with Crippen molar-refractivity contribution in [2.24, 2.45) is 5.92 Å². The predicted molar refractivity (Wildman–Crippen MR) is 76.1 cm³/mol. The number of sulfone groups is 1. The number of nitrogens with one attached hydrogen (secondary N) is 2. The fourth-order valence-corrected chi connectivity index (χ4v) is 3.92. The summed E-state index contributed by atoms with van der Waals surface area (Å²) in [7, 11) is -2.94. The van der Waals surface area contributed by atoms with Gasteiger partial charge in [0.15, 0.2) is 9.84 Å². The van der Waals surface area contributed by atoms with E-state index in [1.54, 1.807) is 0 Å². The van der Waals surface area contributed by atoms with E-state index in [9.17, 15) is 8.42 Å². The van der Waals surface area contributed by atoms with E-state index in [0.29, 0.717) is 31.3 Å². The molecule has 0 amide bonds. The van der Waals surface area contributed by atoms with Crippen LogP contribution in [0.4, 0.5) is 6.01 Å². The molecule has 2 N–H and O–H groups in total. The van der Waals surface area contributed by atoms with E-state index in [4.69, 9.17) is 4.42 Å². The normalized spacial score (nSPS) is 21.4. The molecular formula is C12H22N4O3S. The van der Waals surface area contributed by atoms with Crippen LogP contribution in [0, 0.1) is 5.92 Å². The first-order chi connectivity index (χ1) is 9.47. The third-order valence-electron chi connectivity index (χ3n) is 3.24. The monoisotopic (exact) mass is 302 g/mol. The molecule has 1 aliphatic rings. The summed E-state index contributed by atoms with van der Waals surface area (Å²) in [6, 6.07) is 0.286. The van der Waals surface area contributed by atoms with Gasteiger partial charge in [-0.15, -0.1) is 5.10 Å². The largest absolute Gasteiger partial charge is 0.407 e. The van der Waals surface area contributed by atoms with Crippen LogP contribution in [0.2, 0.25) is 0 Å². The van der Waals surface area contributed by atoms with E-state index >= 15 is 0 Å². The minimum absolute atomic E-state index is 0.285. The first kappa shape index (κ1) is 15.2. The van der Waals surface area contributed by atoms with Gasteiger partial charge in [0.05, 0.1) is 17.5 Å². The summed E-state index contributed by atoms with van der Waals surface area (Å²) >= 11 is 0. The Kier molecular flexibility index (Phi) is 4.98. The Balaban J connectivity index is 1.78. The maximum atomic E-state index is 11.7. The fraction of sp³-hybridized carbons (Fsp3) is 0.833. The molecule has 114 valence electrons. The SMILES string of the molecule is CC(C)CNCc1nnc(NCC2CCCS2(=O)=O)o1. The van der Waals surface area contributed by atoms with E-state index in [0.717, 1.165) is 13.0 Å². The second-order valence-corrected chi connectivity index (χ2v) is 7.94. The molecular weight excluding hydrogens is 280 g/mol. The summed E-state index contributed by atoms with van der Waals surface area (Å²) in [5.74, 6) is 1.35. The Morgan fingerprint density at radius 3 is 2.85 bits per heavy atom. The maximum Gasteiger partial charge on any atom is 0.315 e. The van der Waals surface area contributed by atoms with Crippen molar-refractivity contribution in [1.82, 2.24) is 15.5 Å². The molecule has 0 spiro atoms. The first-order valence-corrected chi connectivity index (χ1v) is 8.67. The summed E-state index contributed by atoms with van der Waals surface area (Å²) in [5.41, 5.74) is 0. The molecule has 20 heavy (non-hydrogen) atoms. The van der Waals surface area contributed by atoms with Crippen LogP contribution < -0.4 is 10.6 Å². The van der Waals surface area contributed by atoms with Gasteiger partial charge in [-0.1, -0.05) is 18.9 Å². The van der Waals surface area contributed by atoms with Crippen molar-refractivity contribution in [2.45, 2.75) is 38.5 Å². The molecule has 0 radical (unpaired) electrons. The van der Waals surface area contributed by atoms with Gasteiger partial charge < -0.3 is 15.1 Å². The highest BCUT2D eigenvalue weighted by molar-refractivity contribution is 7.92. The average Bonchev–Trinajstić information content (AvgIpc) is 2.93. The number of nitrogens with zero attached hydrogens (tertiary/aromatic N) is 2. The van der Waals surface area contributed by atoms with Gasteiger partial charge in [0.25, 0.3) is 0 Å². The van der Waals surface area contributed by atoms with Crippen molar-refractivity contribution in [2.75, 3.05) is 24.2 Å². The molecule has 8 heteroatoms. The molecule has 1 atom stereocenters. The average molecular weight is 302 g/mol. The van der Waals surface area contributed by atoms with Gasteiger partial charge in [0, 0.05) is 6.54 Å². The van der Waals surface area contributed by atoms with Crippen LogP contribution >= 0.6 is 0 Å². The van der Waals surface area contributed by atoms with Crippen LogP contribution in [-0.4, -0.2) is 42.7 Å². The van der Waals surface area contributed by atoms with Crippen LogP contribution in [0.15, 0.2) is 4.42 Å². The van der Waals surface area contributed by atoms with Crippen LogP contribution in [0.1, 0.15) is 32.6 Å². The quantitative estimate of drug-likeness (QED) is 0.769. The summed E-state index contributed by atoms with van der Waals surface area (Å²) in [4.78, 5) is 0. The van der Waals surface area contributed by atoms with E-state index in [2.05, 4.69) is 34.7 Å². The van der Waals surface area contributed by atoms with Gasteiger partial charge in [-0.3, -0.25) is 0 Å². The molecule has 0 aromatic carbocycles. The zero-order valence-corrected chi connectivity index (χ0v) is 12.7. The van der Waals surface area contributed by atoms with Crippen LogP contribution in [-0.2, 0) is 16.4 Å². The van der Waals surface area contributed by atoms with Crippen molar-refractivity contribution in [3.63, 3.8) is 0 Å². The highest BCUT2D eigenvalue weighted by Crippen LogP contribution is 2.20. The number of hydrogen-bond acceptors (Lipinski definition) is 7. The topological polar surface area (TPSA) is 97.1 Å². The van der Waals surface area contributed by atoms with Gasteiger partial charge in [-0.25, -0.2) is 8.42 Å². The van der Waals surface area contributed by atoms with Crippen LogP contribution in [0.25, 0.3) is 0 Å². The third-order valence-corrected chi connectivity index (χ3v) is 5.52. The Morgan fingerprint density at radius 1 is 1.40 bits per heavy atom. The molecule has 2 rings (SSSR count). The highest BCUT2D eigenvalue weighted by Gasteiger charge is 2.31. The molecule has 0 saturated carbocycles. The minimum atomic E-state index is -2.94. The van der Waals surface area contributed by atoms with Crippen molar-refractivity contribution >= 4 is 15.9 Å². The van der Waals surface area contributed by atoms with Gasteiger partial charge >= 0.3 is 6.01 Å². The lowest BCUT2D eigenvalue weighted by molar-refractivity contribution is 0.458. The second kappa shape index (κ2) is 6.53. The predicted octanol–water partition coefficient (Wildman–Crippen LogP) is 0.804. The van der Waals surface area contributed by atoms with Crippen molar-refractivity contribution in [3.05, 3.63) is 5.89 Å². The summed E-state index contributed by atoms with van der Waals surface area (Å²) in [5, 5.41) is 13.5. The summed E-state index contributed by atoms with van der Waals surface area (Å²) in [6.07, 6.45) is 1.44. The first-order valence-electron chi connectivity index (χ1n) is 6.96. The number of rotatable bonds is 7. The van der Waals surface area contributed by atoms with Crippen molar-refractivity contribution in [3.8, 4) is 0 Å². The smallest absolute Gasteiger partial charge is 0.315 e. The lowest BCUT2D eigenvalue weighted by Crippen LogP contribution is -2.25. The number of anilines is 1. The Bertz CT molecular complexity index is 527. The molecule has 1 aromatic heterocycles.